The molecule has 4 aromatic rings. The van der Waals surface area contributed by atoms with Crippen molar-refractivity contribution in [2.24, 2.45) is 0 Å². The van der Waals surface area contributed by atoms with E-state index in [4.69, 9.17) is 9.72 Å². The molecule has 0 bridgehead atoms. The van der Waals surface area contributed by atoms with E-state index in [9.17, 15) is 9.18 Å². The Labute approximate surface area is 190 Å². The van der Waals surface area contributed by atoms with Crippen molar-refractivity contribution in [3.05, 3.63) is 76.0 Å². The number of aromatic nitrogens is 2. The summed E-state index contributed by atoms with van der Waals surface area (Å²) in [7, 11) is 0. The molecule has 0 amide bonds. The van der Waals surface area contributed by atoms with Crippen LogP contribution in [0.5, 0.6) is 0 Å². The number of anilines is 1. The first-order valence-electron chi connectivity index (χ1n) is 10.7. The Bertz CT molecular complexity index is 1260. The molecule has 2 aromatic heterocycles. The molecule has 2 aromatic carbocycles. The Morgan fingerprint density at radius 1 is 1.22 bits per heavy atom. The fourth-order valence-electron chi connectivity index (χ4n) is 3.66. The molecule has 2 heterocycles. The van der Waals surface area contributed by atoms with Crippen molar-refractivity contribution in [2.75, 3.05) is 11.9 Å². The molecule has 0 saturated carbocycles. The van der Waals surface area contributed by atoms with Crippen LogP contribution < -0.4 is 5.32 Å². The van der Waals surface area contributed by atoms with E-state index in [1.165, 1.54) is 29.0 Å². The van der Waals surface area contributed by atoms with E-state index >= 15 is 0 Å². The Balaban J connectivity index is 1.79. The summed E-state index contributed by atoms with van der Waals surface area (Å²) in [5, 5.41) is 3.43. The number of benzene rings is 2. The number of fused-ring (bicyclic) bond motifs is 1. The van der Waals surface area contributed by atoms with E-state index in [0.717, 1.165) is 28.3 Å². The summed E-state index contributed by atoms with van der Waals surface area (Å²) in [5.41, 5.74) is 4.61. The van der Waals surface area contributed by atoms with Crippen LogP contribution >= 0.6 is 11.3 Å². The van der Waals surface area contributed by atoms with E-state index in [-0.39, 0.29) is 11.8 Å². The first-order valence-corrected chi connectivity index (χ1v) is 11.5. The highest BCUT2D eigenvalue weighted by molar-refractivity contribution is 7.19. The molecule has 32 heavy (non-hydrogen) atoms. The number of ether oxygens (including phenoxy) is 1. The van der Waals surface area contributed by atoms with Crippen LogP contribution in [0.25, 0.3) is 16.2 Å². The van der Waals surface area contributed by atoms with Crippen molar-refractivity contribution in [2.45, 2.75) is 40.2 Å². The highest BCUT2D eigenvalue weighted by Gasteiger charge is 2.23. The van der Waals surface area contributed by atoms with E-state index in [1.807, 2.05) is 17.4 Å². The topological polar surface area (TPSA) is 55.6 Å². The van der Waals surface area contributed by atoms with Gasteiger partial charge in [0, 0.05) is 17.8 Å². The van der Waals surface area contributed by atoms with Crippen molar-refractivity contribution in [1.82, 2.24) is 9.38 Å². The number of halogens is 1. The second-order valence-corrected chi connectivity index (χ2v) is 8.90. The van der Waals surface area contributed by atoms with Crippen molar-refractivity contribution in [1.29, 1.82) is 0 Å². The highest BCUT2D eigenvalue weighted by Crippen LogP contribution is 2.35. The van der Waals surface area contributed by atoms with E-state index in [1.54, 1.807) is 13.0 Å². The smallest absolute Gasteiger partial charge is 0.350 e. The van der Waals surface area contributed by atoms with Crippen LogP contribution in [0.15, 0.2) is 48.5 Å². The number of hydrogen-bond acceptors (Lipinski definition) is 5. The molecule has 0 saturated heterocycles. The standard InChI is InChI=1S/C25H26FN3O2S/c1-5-31-24(30)22-16(4)29-23(27-14-17-7-6-8-20(26)13-17)21(28-25(29)32-22)19-11-9-18(10-12-19)15(2)3/h6-13,15,27H,5,14H2,1-4H3. The van der Waals surface area contributed by atoms with Gasteiger partial charge in [0.15, 0.2) is 4.96 Å². The second kappa shape index (κ2) is 9.12. The van der Waals surface area contributed by atoms with Gasteiger partial charge < -0.3 is 10.1 Å². The van der Waals surface area contributed by atoms with Crippen LogP contribution in [0, 0.1) is 12.7 Å². The molecule has 0 spiro atoms. The zero-order valence-corrected chi connectivity index (χ0v) is 19.4. The third kappa shape index (κ3) is 4.25. The third-order valence-corrected chi connectivity index (χ3v) is 6.49. The van der Waals surface area contributed by atoms with Gasteiger partial charge in [0.2, 0.25) is 0 Å². The predicted molar refractivity (Wildman–Crippen MR) is 127 cm³/mol. The van der Waals surface area contributed by atoms with Gasteiger partial charge in [-0.1, -0.05) is 61.6 Å². The molecule has 4 rings (SSSR count). The third-order valence-electron chi connectivity index (χ3n) is 5.36. The summed E-state index contributed by atoms with van der Waals surface area (Å²) in [6.07, 6.45) is 0. The Morgan fingerprint density at radius 2 is 1.97 bits per heavy atom. The molecule has 0 aliphatic carbocycles. The average molecular weight is 452 g/mol. The number of hydrogen-bond donors (Lipinski definition) is 1. The molecule has 7 heteroatoms. The fourth-order valence-corrected chi connectivity index (χ4v) is 4.68. The van der Waals surface area contributed by atoms with Gasteiger partial charge in [0.05, 0.1) is 6.61 Å². The number of aryl methyl sites for hydroxylation is 1. The molecule has 0 radical (unpaired) electrons. The number of nitrogens with zero attached hydrogens (tertiary/aromatic N) is 2. The largest absolute Gasteiger partial charge is 0.462 e. The molecule has 0 fully saturated rings. The molecule has 0 unspecified atom stereocenters. The number of nitrogens with one attached hydrogen (secondary N) is 1. The highest BCUT2D eigenvalue weighted by atomic mass is 32.1. The normalized spacial score (nSPS) is 11.3. The average Bonchev–Trinajstić information content (AvgIpc) is 3.29. The summed E-state index contributed by atoms with van der Waals surface area (Å²) in [5.74, 6) is 0.586. The van der Waals surface area contributed by atoms with E-state index in [0.29, 0.717) is 28.9 Å². The second-order valence-electron chi connectivity index (χ2n) is 7.92. The lowest BCUT2D eigenvalue weighted by Crippen LogP contribution is -2.07. The van der Waals surface area contributed by atoms with Crippen LogP contribution in [0.2, 0.25) is 0 Å². The Hall–Kier alpha value is -3.19. The van der Waals surface area contributed by atoms with Gasteiger partial charge in [0.1, 0.15) is 22.2 Å². The summed E-state index contributed by atoms with van der Waals surface area (Å²) < 4.78 is 20.8. The van der Waals surface area contributed by atoms with Crippen molar-refractivity contribution < 1.29 is 13.9 Å². The SMILES string of the molecule is CCOC(=O)c1sc2nc(-c3ccc(C(C)C)cc3)c(NCc3cccc(F)c3)n2c1C. The Kier molecular flexibility index (Phi) is 6.28. The van der Waals surface area contributed by atoms with Gasteiger partial charge in [-0.05, 0) is 43.0 Å². The first-order chi connectivity index (χ1) is 15.4. The van der Waals surface area contributed by atoms with E-state index in [2.05, 4.69) is 43.4 Å². The molecule has 166 valence electrons. The van der Waals surface area contributed by atoms with Gasteiger partial charge in [-0.2, -0.15) is 0 Å². The maximum Gasteiger partial charge on any atom is 0.350 e. The van der Waals surface area contributed by atoms with Gasteiger partial charge in [-0.3, -0.25) is 4.40 Å². The summed E-state index contributed by atoms with van der Waals surface area (Å²) in [4.78, 5) is 18.5. The van der Waals surface area contributed by atoms with Crippen LogP contribution in [-0.4, -0.2) is 22.0 Å². The van der Waals surface area contributed by atoms with E-state index < -0.39 is 0 Å². The minimum atomic E-state index is -0.348. The van der Waals surface area contributed by atoms with Gasteiger partial charge in [-0.15, -0.1) is 0 Å². The molecule has 0 atom stereocenters. The molecule has 1 N–H and O–H groups in total. The van der Waals surface area contributed by atoms with Crippen LogP contribution in [0.4, 0.5) is 10.2 Å². The number of rotatable bonds is 7. The lowest BCUT2D eigenvalue weighted by molar-refractivity contribution is 0.0531. The molecule has 0 aliphatic heterocycles. The zero-order valence-electron chi connectivity index (χ0n) is 18.6. The van der Waals surface area contributed by atoms with Crippen molar-refractivity contribution in [3.8, 4) is 11.3 Å². The predicted octanol–water partition coefficient (Wildman–Crippen LogP) is 6.42. The molecular weight excluding hydrogens is 425 g/mol. The lowest BCUT2D eigenvalue weighted by Gasteiger charge is -2.11. The van der Waals surface area contributed by atoms with Gasteiger partial charge in [-0.25, -0.2) is 14.2 Å². The summed E-state index contributed by atoms with van der Waals surface area (Å²) in [6, 6.07) is 14.9. The molecular formula is C25H26FN3O2S. The summed E-state index contributed by atoms with van der Waals surface area (Å²) in [6.45, 7) is 8.73. The fraction of sp³-hybridized carbons (Fsp3) is 0.280. The lowest BCUT2D eigenvalue weighted by atomic mass is 10.0. The zero-order chi connectivity index (χ0) is 22.8. The first kappa shape index (κ1) is 22.0. The maximum absolute atomic E-state index is 13.7. The molecule has 5 nitrogen and oxygen atoms in total. The maximum atomic E-state index is 13.7. The number of carbonyl (C=O) groups is 1. The van der Waals surface area contributed by atoms with Gasteiger partial charge >= 0.3 is 5.97 Å². The van der Waals surface area contributed by atoms with Crippen LogP contribution in [0.1, 0.15) is 53.2 Å². The Morgan fingerprint density at radius 3 is 2.62 bits per heavy atom. The molecule has 0 aliphatic rings. The van der Waals surface area contributed by atoms with Crippen molar-refractivity contribution >= 4 is 28.1 Å². The number of imidazole rings is 1. The monoisotopic (exact) mass is 451 g/mol. The number of esters is 1. The van der Waals surface area contributed by atoms with Gasteiger partial charge in [0.25, 0.3) is 0 Å². The van der Waals surface area contributed by atoms with Crippen LogP contribution in [0.3, 0.4) is 0 Å². The quantitative estimate of drug-likeness (QED) is 0.329. The minimum absolute atomic E-state index is 0.274. The number of carbonyl (C=O) groups excluding carboxylic acids is 1. The van der Waals surface area contributed by atoms with Crippen LogP contribution in [-0.2, 0) is 11.3 Å². The minimum Gasteiger partial charge on any atom is -0.462 e. The van der Waals surface area contributed by atoms with Crippen molar-refractivity contribution in [3.63, 3.8) is 0 Å². The number of thiazole rings is 1. The summed E-state index contributed by atoms with van der Waals surface area (Å²) >= 11 is 1.31.